The highest BCUT2D eigenvalue weighted by atomic mass is 35.5. The Balaban J connectivity index is 1.65. The molecular weight excluding hydrogens is 456 g/mol. The van der Waals surface area contributed by atoms with Crippen LogP contribution < -0.4 is 5.32 Å². The molecule has 0 bridgehead atoms. The van der Waals surface area contributed by atoms with Crippen molar-refractivity contribution in [3.63, 3.8) is 0 Å². The highest BCUT2D eigenvalue weighted by molar-refractivity contribution is 8.00. The Labute approximate surface area is 177 Å². The molecule has 0 saturated carbocycles. The molecule has 0 radical (unpaired) electrons. The highest BCUT2D eigenvalue weighted by Crippen LogP contribution is 2.34. The molecule has 0 spiro atoms. The first-order chi connectivity index (χ1) is 12.4. The average Bonchev–Trinajstić information content (AvgIpc) is 3.01. The Morgan fingerprint density at radius 1 is 1.04 bits per heavy atom. The van der Waals surface area contributed by atoms with Crippen molar-refractivity contribution in [2.45, 2.75) is 10.1 Å². The summed E-state index contributed by atoms with van der Waals surface area (Å²) >= 11 is 26.9. The van der Waals surface area contributed by atoms with E-state index in [0.717, 1.165) is 5.56 Å². The minimum absolute atomic E-state index is 0.266. The zero-order chi connectivity index (χ0) is 18.7. The van der Waals surface area contributed by atoms with E-state index in [4.69, 9.17) is 46.4 Å². The van der Waals surface area contributed by atoms with Crippen molar-refractivity contribution in [3.8, 4) is 0 Å². The van der Waals surface area contributed by atoms with Crippen LogP contribution in [0.5, 0.6) is 0 Å². The number of hydrogen-bond acceptors (Lipinski definition) is 5. The SMILES string of the molecule is O=C(Nc1nnc(SCc2c(Cl)cccc2Cl)s1)c1ccc(Cl)cc1Cl. The number of nitrogens with one attached hydrogen (secondary N) is 1. The van der Waals surface area contributed by atoms with Crippen LogP contribution in [0.3, 0.4) is 0 Å². The van der Waals surface area contributed by atoms with Crippen LogP contribution in [0.15, 0.2) is 40.7 Å². The molecule has 1 amide bonds. The quantitative estimate of drug-likeness (QED) is 0.337. The number of rotatable bonds is 5. The fourth-order valence-corrected chi connectivity index (χ4v) is 4.94. The number of carbonyl (C=O) groups excluding carboxylic acids is 1. The van der Waals surface area contributed by atoms with E-state index in [1.165, 1.54) is 29.2 Å². The second-order valence-corrected chi connectivity index (χ2v) is 8.80. The van der Waals surface area contributed by atoms with Gasteiger partial charge < -0.3 is 0 Å². The molecule has 0 saturated heterocycles. The lowest BCUT2D eigenvalue weighted by molar-refractivity contribution is 0.102. The molecule has 0 unspecified atom stereocenters. The molecule has 3 rings (SSSR count). The fraction of sp³-hybridized carbons (Fsp3) is 0.0625. The molecule has 0 aliphatic rings. The second-order valence-electron chi connectivity index (χ2n) is 4.94. The summed E-state index contributed by atoms with van der Waals surface area (Å²) in [6.07, 6.45) is 0. The van der Waals surface area contributed by atoms with Crippen LogP contribution in [0.25, 0.3) is 0 Å². The molecule has 10 heteroatoms. The molecule has 3 aromatic rings. The lowest BCUT2D eigenvalue weighted by atomic mass is 10.2. The molecule has 0 fully saturated rings. The number of halogens is 4. The summed E-state index contributed by atoms with van der Waals surface area (Å²) in [6.45, 7) is 0. The first kappa shape index (κ1) is 19.7. The van der Waals surface area contributed by atoms with Gasteiger partial charge >= 0.3 is 0 Å². The van der Waals surface area contributed by atoms with Crippen molar-refractivity contribution in [3.05, 3.63) is 67.6 Å². The van der Waals surface area contributed by atoms with Crippen molar-refractivity contribution in [2.24, 2.45) is 0 Å². The monoisotopic (exact) mass is 463 g/mol. The van der Waals surface area contributed by atoms with Crippen LogP contribution >= 0.6 is 69.5 Å². The van der Waals surface area contributed by atoms with Crippen LogP contribution in [0.4, 0.5) is 5.13 Å². The second kappa shape index (κ2) is 8.78. The maximum Gasteiger partial charge on any atom is 0.259 e. The fourth-order valence-electron chi connectivity index (χ4n) is 1.96. The summed E-state index contributed by atoms with van der Waals surface area (Å²) in [4.78, 5) is 12.3. The van der Waals surface area contributed by atoms with E-state index < -0.39 is 0 Å². The zero-order valence-electron chi connectivity index (χ0n) is 12.8. The van der Waals surface area contributed by atoms with Crippen LogP contribution in [-0.2, 0) is 5.75 Å². The topological polar surface area (TPSA) is 54.9 Å². The van der Waals surface area contributed by atoms with Gasteiger partial charge in [0.25, 0.3) is 5.91 Å². The van der Waals surface area contributed by atoms with Gasteiger partial charge in [-0.05, 0) is 35.9 Å². The Kier molecular flexibility index (Phi) is 6.66. The lowest BCUT2D eigenvalue weighted by Gasteiger charge is -2.04. The molecule has 1 heterocycles. The van der Waals surface area contributed by atoms with Crippen molar-refractivity contribution in [1.82, 2.24) is 10.2 Å². The normalized spacial score (nSPS) is 10.8. The van der Waals surface area contributed by atoms with Gasteiger partial charge in [0.05, 0.1) is 10.6 Å². The first-order valence-corrected chi connectivity index (χ1v) is 10.4. The molecule has 0 aliphatic carbocycles. The van der Waals surface area contributed by atoms with Crippen molar-refractivity contribution < 1.29 is 4.79 Å². The Hall–Kier alpha value is -1.02. The van der Waals surface area contributed by atoms with Crippen LogP contribution in [0, 0.1) is 0 Å². The van der Waals surface area contributed by atoms with Crippen LogP contribution in [0.2, 0.25) is 20.1 Å². The van der Waals surface area contributed by atoms with E-state index in [9.17, 15) is 4.79 Å². The number of hydrogen-bond donors (Lipinski definition) is 1. The van der Waals surface area contributed by atoms with Gasteiger partial charge in [-0.1, -0.05) is 75.6 Å². The van der Waals surface area contributed by atoms with E-state index >= 15 is 0 Å². The average molecular weight is 465 g/mol. The number of thioether (sulfide) groups is 1. The van der Waals surface area contributed by atoms with Gasteiger partial charge in [0, 0.05) is 20.8 Å². The van der Waals surface area contributed by atoms with E-state index in [-0.39, 0.29) is 10.9 Å². The summed E-state index contributed by atoms with van der Waals surface area (Å²) < 4.78 is 0.679. The predicted molar refractivity (Wildman–Crippen MR) is 110 cm³/mol. The van der Waals surface area contributed by atoms with Gasteiger partial charge in [0.1, 0.15) is 0 Å². The standard InChI is InChI=1S/C16H9Cl4N3OS2/c17-8-4-5-9(13(20)6-8)14(24)21-15-22-23-16(26-15)25-7-10-11(18)2-1-3-12(10)19/h1-6H,7H2,(H,21,22,24). The van der Waals surface area contributed by atoms with Gasteiger partial charge in [0.15, 0.2) is 4.34 Å². The van der Waals surface area contributed by atoms with E-state index in [0.29, 0.717) is 35.9 Å². The zero-order valence-corrected chi connectivity index (χ0v) is 17.5. The summed E-state index contributed by atoms with van der Waals surface area (Å²) in [7, 11) is 0. The minimum Gasteiger partial charge on any atom is -0.296 e. The summed E-state index contributed by atoms with van der Waals surface area (Å²) in [6, 6.07) is 10.0. The third-order valence-corrected chi connectivity index (χ3v) is 6.46. The Morgan fingerprint density at radius 2 is 1.77 bits per heavy atom. The van der Waals surface area contributed by atoms with E-state index in [1.54, 1.807) is 30.3 Å². The number of amides is 1. The molecule has 1 N–H and O–H groups in total. The molecule has 134 valence electrons. The van der Waals surface area contributed by atoms with Gasteiger partial charge in [0.2, 0.25) is 5.13 Å². The first-order valence-electron chi connectivity index (χ1n) is 7.09. The van der Waals surface area contributed by atoms with Crippen molar-refractivity contribution in [1.29, 1.82) is 0 Å². The maximum absolute atomic E-state index is 12.3. The van der Waals surface area contributed by atoms with Crippen molar-refractivity contribution in [2.75, 3.05) is 5.32 Å². The summed E-state index contributed by atoms with van der Waals surface area (Å²) in [5, 5.41) is 13.0. The lowest BCUT2D eigenvalue weighted by Crippen LogP contribution is -2.12. The molecule has 0 aliphatic heterocycles. The van der Waals surface area contributed by atoms with Crippen LogP contribution in [-0.4, -0.2) is 16.1 Å². The molecule has 26 heavy (non-hydrogen) atoms. The molecule has 1 aromatic heterocycles. The Morgan fingerprint density at radius 3 is 2.46 bits per heavy atom. The minimum atomic E-state index is -0.381. The summed E-state index contributed by atoms with van der Waals surface area (Å²) in [5.74, 6) is 0.165. The third kappa shape index (κ3) is 4.82. The van der Waals surface area contributed by atoms with E-state index in [2.05, 4.69) is 15.5 Å². The van der Waals surface area contributed by atoms with Gasteiger partial charge in [-0.25, -0.2) is 0 Å². The van der Waals surface area contributed by atoms with Gasteiger partial charge in [-0.3, -0.25) is 10.1 Å². The summed E-state index contributed by atoms with van der Waals surface area (Å²) in [5.41, 5.74) is 1.14. The number of carbonyl (C=O) groups is 1. The largest absolute Gasteiger partial charge is 0.296 e. The number of benzene rings is 2. The number of nitrogens with zero attached hydrogens (tertiary/aromatic N) is 2. The predicted octanol–water partition coefficient (Wildman–Crippen LogP) is 6.70. The number of aromatic nitrogens is 2. The maximum atomic E-state index is 12.3. The van der Waals surface area contributed by atoms with Crippen molar-refractivity contribution >= 4 is 80.5 Å². The van der Waals surface area contributed by atoms with E-state index in [1.807, 2.05) is 0 Å². The smallest absolute Gasteiger partial charge is 0.259 e. The Bertz CT molecular complexity index is 944. The number of anilines is 1. The third-order valence-electron chi connectivity index (χ3n) is 3.20. The molecule has 2 aromatic carbocycles. The molecule has 0 atom stereocenters. The molecular formula is C16H9Cl4N3OS2. The van der Waals surface area contributed by atoms with Gasteiger partial charge in [-0.2, -0.15) is 0 Å². The van der Waals surface area contributed by atoms with Crippen LogP contribution in [0.1, 0.15) is 15.9 Å². The highest BCUT2D eigenvalue weighted by Gasteiger charge is 2.14. The molecule has 4 nitrogen and oxygen atoms in total. The van der Waals surface area contributed by atoms with Gasteiger partial charge in [-0.15, -0.1) is 10.2 Å².